The molecule has 0 unspecified atom stereocenters. The number of esters is 1. The maximum atomic E-state index is 12.6. The van der Waals surface area contributed by atoms with E-state index in [1.54, 1.807) is 25.6 Å². The van der Waals surface area contributed by atoms with Crippen molar-refractivity contribution in [1.29, 1.82) is 0 Å². The SMILES string of the molecule is CCOC(=O)C1=C(C)Nc2nnnn2[C@@H]1c1ccc(OCC)c(OC)c1. The molecule has 1 aromatic carbocycles. The smallest absolute Gasteiger partial charge is 0.338 e. The molecule has 2 aromatic rings. The van der Waals surface area contributed by atoms with Gasteiger partial charge < -0.3 is 19.5 Å². The lowest BCUT2D eigenvalue weighted by Gasteiger charge is -2.27. The number of nitrogens with zero attached hydrogens (tertiary/aromatic N) is 4. The lowest BCUT2D eigenvalue weighted by atomic mass is 9.95. The number of nitrogens with one attached hydrogen (secondary N) is 1. The molecule has 1 aliphatic rings. The van der Waals surface area contributed by atoms with Crippen molar-refractivity contribution in [3.05, 3.63) is 35.0 Å². The summed E-state index contributed by atoms with van der Waals surface area (Å²) in [5.74, 6) is 1.23. The van der Waals surface area contributed by atoms with Crippen LogP contribution in [0.25, 0.3) is 0 Å². The van der Waals surface area contributed by atoms with E-state index in [1.165, 1.54) is 0 Å². The minimum absolute atomic E-state index is 0.275. The standard InChI is InChI=1S/C17H21N5O4/c1-5-25-12-8-7-11(9-13(12)24-4)15-14(16(23)26-6-2)10(3)18-17-19-20-21-22(15)17/h7-9,15H,5-6H2,1-4H3,(H,18,19,21)/t15-/m1/s1. The van der Waals surface area contributed by atoms with Gasteiger partial charge in [-0.15, -0.1) is 0 Å². The fraction of sp³-hybridized carbons (Fsp3) is 0.412. The zero-order valence-corrected chi connectivity index (χ0v) is 15.1. The maximum absolute atomic E-state index is 12.6. The highest BCUT2D eigenvalue weighted by Gasteiger charge is 2.35. The molecule has 0 spiro atoms. The van der Waals surface area contributed by atoms with Crippen LogP contribution in [0, 0.1) is 0 Å². The lowest BCUT2D eigenvalue weighted by molar-refractivity contribution is -0.139. The summed E-state index contributed by atoms with van der Waals surface area (Å²) in [6, 6.07) is 4.95. The van der Waals surface area contributed by atoms with Crippen molar-refractivity contribution in [3.63, 3.8) is 0 Å². The molecular formula is C17H21N5O4. The molecule has 9 heteroatoms. The molecule has 9 nitrogen and oxygen atoms in total. The number of hydrogen-bond donors (Lipinski definition) is 1. The third-order valence-electron chi connectivity index (χ3n) is 4.01. The van der Waals surface area contributed by atoms with Crippen LogP contribution in [-0.4, -0.2) is 46.5 Å². The highest BCUT2D eigenvalue weighted by Crippen LogP contribution is 2.38. The Kier molecular flexibility index (Phi) is 5.06. The Morgan fingerprint density at radius 3 is 2.77 bits per heavy atom. The molecule has 1 aliphatic heterocycles. The third-order valence-corrected chi connectivity index (χ3v) is 4.01. The van der Waals surface area contributed by atoms with Gasteiger partial charge in [-0.3, -0.25) is 0 Å². The van der Waals surface area contributed by atoms with E-state index in [0.29, 0.717) is 35.3 Å². The predicted octanol–water partition coefficient (Wildman–Crippen LogP) is 1.93. The number of hydrogen-bond acceptors (Lipinski definition) is 8. The van der Waals surface area contributed by atoms with Gasteiger partial charge in [-0.1, -0.05) is 11.2 Å². The summed E-state index contributed by atoms with van der Waals surface area (Å²) in [5.41, 5.74) is 1.87. The third kappa shape index (κ3) is 3.07. The van der Waals surface area contributed by atoms with E-state index < -0.39 is 12.0 Å². The first-order valence-corrected chi connectivity index (χ1v) is 8.34. The quantitative estimate of drug-likeness (QED) is 0.781. The van der Waals surface area contributed by atoms with Crippen LogP contribution in [0.5, 0.6) is 11.5 Å². The molecule has 0 aliphatic carbocycles. The summed E-state index contributed by atoms with van der Waals surface area (Å²) in [7, 11) is 1.57. The van der Waals surface area contributed by atoms with E-state index in [1.807, 2.05) is 25.1 Å². The number of carbonyl (C=O) groups is 1. The molecule has 3 rings (SSSR count). The Balaban J connectivity index is 2.12. The topological polar surface area (TPSA) is 100 Å². The molecule has 1 atom stereocenters. The number of fused-ring (bicyclic) bond motifs is 1. The monoisotopic (exact) mass is 359 g/mol. The lowest BCUT2D eigenvalue weighted by Crippen LogP contribution is -2.29. The van der Waals surface area contributed by atoms with Crippen molar-refractivity contribution < 1.29 is 19.0 Å². The van der Waals surface area contributed by atoms with E-state index in [0.717, 1.165) is 5.56 Å². The highest BCUT2D eigenvalue weighted by molar-refractivity contribution is 5.92. The zero-order valence-electron chi connectivity index (χ0n) is 15.1. The summed E-state index contributed by atoms with van der Waals surface area (Å²) in [6.45, 7) is 6.26. The largest absolute Gasteiger partial charge is 0.493 e. The molecule has 0 fully saturated rings. The molecule has 0 bridgehead atoms. The minimum Gasteiger partial charge on any atom is -0.493 e. The highest BCUT2D eigenvalue weighted by atomic mass is 16.5. The average Bonchev–Trinajstić information content (AvgIpc) is 3.09. The van der Waals surface area contributed by atoms with Crippen molar-refractivity contribution in [3.8, 4) is 11.5 Å². The summed E-state index contributed by atoms with van der Waals surface area (Å²) in [4.78, 5) is 12.6. The number of tetrazole rings is 1. The number of anilines is 1. The van der Waals surface area contributed by atoms with Gasteiger partial charge in [-0.25, -0.2) is 4.79 Å². The number of aromatic nitrogens is 4. The van der Waals surface area contributed by atoms with Gasteiger partial charge in [0.1, 0.15) is 6.04 Å². The van der Waals surface area contributed by atoms with Crippen LogP contribution in [0.1, 0.15) is 32.4 Å². The normalized spacial score (nSPS) is 15.9. The van der Waals surface area contributed by atoms with Gasteiger partial charge in [0.2, 0.25) is 5.95 Å². The molecule has 1 aromatic heterocycles. The Morgan fingerprint density at radius 2 is 2.08 bits per heavy atom. The summed E-state index contributed by atoms with van der Waals surface area (Å²) < 4.78 is 17.8. The van der Waals surface area contributed by atoms with E-state index in [-0.39, 0.29) is 6.61 Å². The summed E-state index contributed by atoms with van der Waals surface area (Å²) >= 11 is 0. The maximum Gasteiger partial charge on any atom is 0.338 e. The number of allylic oxidation sites excluding steroid dienone is 1. The summed E-state index contributed by atoms with van der Waals surface area (Å²) in [5, 5.41) is 14.7. The van der Waals surface area contributed by atoms with Gasteiger partial charge in [-0.05, 0) is 48.9 Å². The molecule has 26 heavy (non-hydrogen) atoms. The molecule has 2 heterocycles. The van der Waals surface area contributed by atoms with Crippen LogP contribution in [0.3, 0.4) is 0 Å². The number of carbonyl (C=O) groups excluding carboxylic acids is 1. The number of benzene rings is 1. The Hall–Kier alpha value is -3.10. The zero-order chi connectivity index (χ0) is 18.7. The molecular weight excluding hydrogens is 338 g/mol. The van der Waals surface area contributed by atoms with Gasteiger partial charge in [-0.2, -0.15) is 4.68 Å². The van der Waals surface area contributed by atoms with Gasteiger partial charge >= 0.3 is 5.97 Å². The molecule has 0 amide bonds. The van der Waals surface area contributed by atoms with Crippen molar-refractivity contribution in [1.82, 2.24) is 20.2 Å². The number of methoxy groups -OCH3 is 1. The molecule has 0 saturated carbocycles. The van der Waals surface area contributed by atoms with Crippen LogP contribution in [-0.2, 0) is 9.53 Å². The van der Waals surface area contributed by atoms with Crippen molar-refractivity contribution >= 4 is 11.9 Å². The van der Waals surface area contributed by atoms with Crippen molar-refractivity contribution in [2.24, 2.45) is 0 Å². The second kappa shape index (κ2) is 7.42. The number of ether oxygens (including phenoxy) is 3. The summed E-state index contributed by atoms with van der Waals surface area (Å²) in [6.07, 6.45) is 0. The first-order chi connectivity index (χ1) is 12.6. The molecule has 1 N–H and O–H groups in total. The Bertz CT molecular complexity index is 845. The second-order valence-electron chi connectivity index (χ2n) is 5.58. The average molecular weight is 359 g/mol. The minimum atomic E-state index is -0.537. The van der Waals surface area contributed by atoms with Crippen molar-refractivity contribution in [2.75, 3.05) is 25.6 Å². The Morgan fingerprint density at radius 1 is 1.27 bits per heavy atom. The van der Waals surface area contributed by atoms with E-state index >= 15 is 0 Å². The van der Waals surface area contributed by atoms with Crippen LogP contribution < -0.4 is 14.8 Å². The van der Waals surface area contributed by atoms with Crippen LogP contribution in [0.4, 0.5) is 5.95 Å². The first kappa shape index (κ1) is 17.7. The van der Waals surface area contributed by atoms with Gasteiger partial charge in [0.25, 0.3) is 0 Å². The molecule has 138 valence electrons. The predicted molar refractivity (Wildman–Crippen MR) is 93.1 cm³/mol. The van der Waals surface area contributed by atoms with E-state index in [4.69, 9.17) is 14.2 Å². The van der Waals surface area contributed by atoms with Crippen LogP contribution in [0.2, 0.25) is 0 Å². The molecule has 0 radical (unpaired) electrons. The van der Waals surface area contributed by atoms with Gasteiger partial charge in [0, 0.05) is 5.70 Å². The second-order valence-corrected chi connectivity index (χ2v) is 5.58. The molecule has 0 saturated heterocycles. The Labute approximate surface area is 150 Å². The van der Waals surface area contributed by atoms with E-state index in [2.05, 4.69) is 20.8 Å². The fourth-order valence-electron chi connectivity index (χ4n) is 2.92. The van der Waals surface area contributed by atoms with Crippen LogP contribution >= 0.6 is 0 Å². The first-order valence-electron chi connectivity index (χ1n) is 8.34. The van der Waals surface area contributed by atoms with Gasteiger partial charge in [0.05, 0.1) is 25.9 Å². The number of rotatable bonds is 6. The van der Waals surface area contributed by atoms with Crippen molar-refractivity contribution in [2.45, 2.75) is 26.8 Å². The van der Waals surface area contributed by atoms with Gasteiger partial charge in [0.15, 0.2) is 11.5 Å². The van der Waals surface area contributed by atoms with E-state index in [9.17, 15) is 4.79 Å². The fourth-order valence-corrected chi connectivity index (χ4v) is 2.92. The van der Waals surface area contributed by atoms with Crippen LogP contribution in [0.15, 0.2) is 29.5 Å².